The van der Waals surface area contributed by atoms with Gasteiger partial charge >= 0.3 is 0 Å². The minimum atomic E-state index is -0.262. The highest BCUT2D eigenvalue weighted by atomic mass is 19.1. The fraction of sp³-hybridized carbons (Fsp3) is 0.242. The van der Waals surface area contributed by atoms with Gasteiger partial charge in [-0.25, -0.2) is 19.3 Å². The molecule has 1 aromatic carbocycles. The number of pyridine rings is 3. The van der Waals surface area contributed by atoms with Crippen LogP contribution in [0, 0.1) is 11.7 Å². The molecule has 5 aromatic heterocycles. The zero-order chi connectivity index (χ0) is 30.1. The van der Waals surface area contributed by atoms with Gasteiger partial charge in [-0.05, 0) is 80.9 Å². The lowest BCUT2D eigenvalue weighted by atomic mass is 10.0. The summed E-state index contributed by atoms with van der Waals surface area (Å²) in [6.07, 6.45) is 8.80. The molecular weight excluding hydrogens is 541 g/mol. The van der Waals surface area contributed by atoms with Crippen molar-refractivity contribution < 1.29 is 4.39 Å². The van der Waals surface area contributed by atoms with E-state index in [4.69, 9.17) is 4.98 Å². The number of fused-ring (bicyclic) bond motifs is 2. The molecule has 6 aromatic rings. The molecule has 0 bridgehead atoms. The van der Waals surface area contributed by atoms with Gasteiger partial charge < -0.3 is 15.2 Å². The van der Waals surface area contributed by atoms with Crippen LogP contribution in [-0.2, 0) is 6.42 Å². The number of imidazole rings is 1. The average Bonchev–Trinajstić information content (AvgIpc) is 3.60. The van der Waals surface area contributed by atoms with Gasteiger partial charge in [-0.3, -0.25) is 10.1 Å². The van der Waals surface area contributed by atoms with E-state index in [1.807, 2.05) is 38.4 Å². The quantitative estimate of drug-likeness (QED) is 0.164. The molecule has 0 unspecified atom stereocenters. The molecule has 0 aliphatic heterocycles. The molecule has 0 saturated heterocycles. The summed E-state index contributed by atoms with van der Waals surface area (Å²) >= 11 is 0. The van der Waals surface area contributed by atoms with Crippen LogP contribution < -0.4 is 5.32 Å². The minimum absolute atomic E-state index is 0.262. The van der Waals surface area contributed by atoms with Crippen molar-refractivity contribution in [1.82, 2.24) is 40.0 Å². The van der Waals surface area contributed by atoms with Gasteiger partial charge in [0.15, 0.2) is 17.1 Å². The Hall–Kier alpha value is -4.96. The number of nitrogens with one attached hydrogen (secondary N) is 3. The summed E-state index contributed by atoms with van der Waals surface area (Å²) in [5.41, 5.74) is 8.65. The standard InChI is InChI=1S/C33H34FN9/c1-19(2)20(3)38-26-14-23(16-35-18-26)24-15-28-30(41-42-31(28)37-17-24)33-39-29-27(8-9-36-32(29)40-33)22-11-21(12-25(34)13-22)7-6-10-43(4)5/h8-9,11-19,38H,3,6-7,10H2,1-2,4-5H3,(H,36,39,40)(H,37,41,42). The number of allylic oxidation sites excluding steroid dienone is 1. The molecule has 10 heteroatoms. The smallest absolute Gasteiger partial charge is 0.181 e. The lowest BCUT2D eigenvalue weighted by Crippen LogP contribution is -2.13. The third kappa shape index (κ3) is 6.00. The number of H-pyrrole nitrogens is 2. The summed E-state index contributed by atoms with van der Waals surface area (Å²) in [6.45, 7) is 9.22. The van der Waals surface area contributed by atoms with Crippen LogP contribution in [-0.4, -0.2) is 60.7 Å². The average molecular weight is 576 g/mol. The number of aromatic nitrogens is 7. The Morgan fingerprint density at radius 1 is 1.00 bits per heavy atom. The topological polar surface area (TPSA) is 111 Å². The maximum absolute atomic E-state index is 14.7. The van der Waals surface area contributed by atoms with Gasteiger partial charge in [-0.1, -0.05) is 26.5 Å². The molecule has 0 atom stereocenters. The molecule has 218 valence electrons. The van der Waals surface area contributed by atoms with E-state index in [0.29, 0.717) is 28.7 Å². The molecule has 43 heavy (non-hydrogen) atoms. The molecular formula is C33H34FN9. The predicted octanol–water partition coefficient (Wildman–Crippen LogP) is 6.84. The van der Waals surface area contributed by atoms with E-state index in [9.17, 15) is 4.39 Å². The number of halogens is 1. The van der Waals surface area contributed by atoms with Crippen molar-refractivity contribution in [1.29, 1.82) is 0 Å². The zero-order valence-corrected chi connectivity index (χ0v) is 24.7. The van der Waals surface area contributed by atoms with Gasteiger partial charge in [-0.15, -0.1) is 0 Å². The molecule has 5 heterocycles. The molecule has 0 fully saturated rings. The van der Waals surface area contributed by atoms with Crippen LogP contribution in [0.5, 0.6) is 0 Å². The number of nitrogens with zero attached hydrogens (tertiary/aromatic N) is 6. The summed E-state index contributed by atoms with van der Waals surface area (Å²) in [5, 5.41) is 11.6. The Labute approximate surface area is 249 Å². The third-order valence-corrected chi connectivity index (χ3v) is 7.45. The number of hydrogen-bond acceptors (Lipinski definition) is 7. The number of hydrogen-bond donors (Lipinski definition) is 3. The fourth-order valence-corrected chi connectivity index (χ4v) is 5.05. The Kier molecular flexibility index (Phi) is 7.69. The highest BCUT2D eigenvalue weighted by Crippen LogP contribution is 2.33. The van der Waals surface area contributed by atoms with Crippen LogP contribution in [0.4, 0.5) is 10.1 Å². The number of rotatable bonds is 10. The van der Waals surface area contributed by atoms with Crippen LogP contribution in [0.25, 0.3) is 56.0 Å². The molecule has 0 amide bonds. The summed E-state index contributed by atoms with van der Waals surface area (Å²) in [6, 6.07) is 11.1. The predicted molar refractivity (Wildman–Crippen MR) is 170 cm³/mol. The first kappa shape index (κ1) is 28.2. The Morgan fingerprint density at radius 2 is 1.84 bits per heavy atom. The lowest BCUT2D eigenvalue weighted by molar-refractivity contribution is 0.400. The van der Waals surface area contributed by atoms with Crippen LogP contribution >= 0.6 is 0 Å². The SMILES string of the molecule is C=C(Nc1cncc(-c2cnc3n[nH]c(-c4nc5nccc(-c6cc(F)cc(CCCN(C)C)c6)c5[nH]4)c3c2)c1)C(C)C. The summed E-state index contributed by atoms with van der Waals surface area (Å²) < 4.78 is 14.7. The van der Waals surface area contributed by atoms with Gasteiger partial charge in [0.1, 0.15) is 11.5 Å². The second-order valence-electron chi connectivity index (χ2n) is 11.4. The van der Waals surface area contributed by atoms with E-state index in [0.717, 1.165) is 69.5 Å². The first-order chi connectivity index (χ1) is 20.7. The fourth-order valence-electron chi connectivity index (χ4n) is 5.05. The van der Waals surface area contributed by atoms with E-state index in [1.54, 1.807) is 36.9 Å². The van der Waals surface area contributed by atoms with Crippen molar-refractivity contribution in [2.24, 2.45) is 5.92 Å². The third-order valence-electron chi connectivity index (χ3n) is 7.45. The monoisotopic (exact) mass is 575 g/mol. The van der Waals surface area contributed by atoms with E-state index in [-0.39, 0.29) is 5.82 Å². The summed E-state index contributed by atoms with van der Waals surface area (Å²) in [5.74, 6) is 0.605. The number of aryl methyl sites for hydroxylation is 1. The van der Waals surface area contributed by atoms with Crippen molar-refractivity contribution in [2.75, 3.05) is 26.0 Å². The van der Waals surface area contributed by atoms with Crippen molar-refractivity contribution in [2.45, 2.75) is 26.7 Å². The second-order valence-corrected chi connectivity index (χ2v) is 11.4. The maximum atomic E-state index is 14.7. The largest absolute Gasteiger partial charge is 0.358 e. The maximum Gasteiger partial charge on any atom is 0.181 e. The number of aromatic amines is 2. The summed E-state index contributed by atoms with van der Waals surface area (Å²) in [4.78, 5) is 23.8. The molecule has 3 N–H and O–H groups in total. The minimum Gasteiger partial charge on any atom is -0.358 e. The highest BCUT2D eigenvalue weighted by molar-refractivity contribution is 5.96. The van der Waals surface area contributed by atoms with Gasteiger partial charge in [0, 0.05) is 41.0 Å². The first-order valence-corrected chi connectivity index (χ1v) is 14.3. The Balaban J connectivity index is 1.36. The van der Waals surface area contributed by atoms with Gasteiger partial charge in [0.05, 0.1) is 22.8 Å². The number of benzene rings is 1. The number of anilines is 1. The highest BCUT2D eigenvalue weighted by Gasteiger charge is 2.17. The van der Waals surface area contributed by atoms with Crippen molar-refractivity contribution in [3.63, 3.8) is 0 Å². The second kappa shape index (κ2) is 11.7. The van der Waals surface area contributed by atoms with Crippen LogP contribution in [0.3, 0.4) is 0 Å². The molecule has 0 aliphatic carbocycles. The normalized spacial score (nSPS) is 11.7. The summed E-state index contributed by atoms with van der Waals surface area (Å²) in [7, 11) is 4.08. The molecule has 0 spiro atoms. The van der Waals surface area contributed by atoms with Gasteiger partial charge in [0.2, 0.25) is 0 Å². The van der Waals surface area contributed by atoms with E-state index in [1.165, 1.54) is 0 Å². The van der Waals surface area contributed by atoms with Crippen LogP contribution in [0.2, 0.25) is 0 Å². The van der Waals surface area contributed by atoms with E-state index < -0.39 is 0 Å². The van der Waals surface area contributed by atoms with Crippen molar-refractivity contribution >= 4 is 27.9 Å². The van der Waals surface area contributed by atoms with Crippen LogP contribution in [0.1, 0.15) is 25.8 Å². The van der Waals surface area contributed by atoms with Crippen molar-refractivity contribution in [3.05, 3.63) is 84.8 Å². The van der Waals surface area contributed by atoms with Crippen LogP contribution in [0.15, 0.2) is 73.5 Å². The van der Waals surface area contributed by atoms with Crippen molar-refractivity contribution in [3.8, 4) is 33.8 Å². The first-order valence-electron chi connectivity index (χ1n) is 14.3. The molecule has 0 radical (unpaired) electrons. The molecule has 9 nitrogen and oxygen atoms in total. The zero-order valence-electron chi connectivity index (χ0n) is 24.7. The molecule has 6 rings (SSSR count). The lowest BCUT2D eigenvalue weighted by Gasteiger charge is -2.13. The van der Waals surface area contributed by atoms with E-state index >= 15 is 0 Å². The van der Waals surface area contributed by atoms with Gasteiger partial charge in [0.25, 0.3) is 0 Å². The Bertz CT molecular complexity index is 1940. The van der Waals surface area contributed by atoms with E-state index in [2.05, 4.69) is 60.8 Å². The van der Waals surface area contributed by atoms with Gasteiger partial charge in [-0.2, -0.15) is 5.10 Å². The molecule has 0 aliphatic rings. The Morgan fingerprint density at radius 3 is 2.65 bits per heavy atom. The molecule has 0 saturated carbocycles.